The van der Waals surface area contributed by atoms with Crippen molar-refractivity contribution >= 4 is 0 Å². The highest BCUT2D eigenvalue weighted by Gasteiger charge is 2.27. The predicted octanol–water partition coefficient (Wildman–Crippen LogP) is 4.44. The molecule has 2 nitrogen and oxygen atoms in total. The summed E-state index contributed by atoms with van der Waals surface area (Å²) in [6.45, 7) is 3.29. The Morgan fingerprint density at radius 2 is 1.80 bits per heavy atom. The number of ether oxygens (including phenoxy) is 1. The molecule has 20 heavy (non-hydrogen) atoms. The van der Waals surface area contributed by atoms with Crippen molar-refractivity contribution < 1.29 is 17.9 Å². The Morgan fingerprint density at radius 1 is 1.10 bits per heavy atom. The van der Waals surface area contributed by atoms with E-state index in [0.29, 0.717) is 6.04 Å². The van der Waals surface area contributed by atoms with Crippen LogP contribution in [0.5, 0.6) is 0 Å². The minimum Gasteiger partial charge on any atom is -0.377 e. The molecule has 1 N–H and O–H groups in total. The fourth-order valence-corrected chi connectivity index (χ4v) is 2.72. The summed E-state index contributed by atoms with van der Waals surface area (Å²) in [5.41, 5.74) is 0. The molecule has 0 heterocycles. The van der Waals surface area contributed by atoms with Gasteiger partial charge in [0, 0.05) is 19.1 Å². The first kappa shape index (κ1) is 17.8. The molecule has 0 saturated heterocycles. The molecule has 0 aliphatic heterocycles. The molecule has 2 unspecified atom stereocenters. The highest BCUT2D eigenvalue weighted by molar-refractivity contribution is 4.79. The van der Waals surface area contributed by atoms with E-state index in [1.54, 1.807) is 0 Å². The van der Waals surface area contributed by atoms with Crippen molar-refractivity contribution in [1.82, 2.24) is 5.32 Å². The van der Waals surface area contributed by atoms with Crippen LogP contribution in [0.15, 0.2) is 0 Å². The topological polar surface area (TPSA) is 21.3 Å². The molecule has 0 aromatic heterocycles. The van der Waals surface area contributed by atoms with E-state index in [0.717, 1.165) is 32.2 Å². The number of hydrogen-bond donors (Lipinski definition) is 1. The zero-order valence-corrected chi connectivity index (χ0v) is 12.5. The highest BCUT2D eigenvalue weighted by atomic mass is 19.4. The van der Waals surface area contributed by atoms with Crippen molar-refractivity contribution in [2.24, 2.45) is 0 Å². The van der Waals surface area contributed by atoms with Gasteiger partial charge in [-0.05, 0) is 32.2 Å². The fourth-order valence-electron chi connectivity index (χ4n) is 2.72. The Bertz CT molecular complexity index is 244. The Kier molecular flexibility index (Phi) is 8.53. The third kappa shape index (κ3) is 8.10. The van der Waals surface area contributed by atoms with Crippen molar-refractivity contribution in [2.45, 2.75) is 83.0 Å². The lowest BCUT2D eigenvalue weighted by atomic mass is 9.94. The van der Waals surface area contributed by atoms with E-state index in [4.69, 9.17) is 4.74 Å². The van der Waals surface area contributed by atoms with Gasteiger partial charge in [-0.25, -0.2) is 0 Å². The molecule has 1 rings (SSSR count). The Hall–Kier alpha value is -0.290. The third-order valence-electron chi connectivity index (χ3n) is 3.80. The van der Waals surface area contributed by atoms with Gasteiger partial charge < -0.3 is 10.1 Å². The number of nitrogens with one attached hydrogen (secondary N) is 1. The molecule has 0 radical (unpaired) electrons. The first-order valence-electron chi connectivity index (χ1n) is 7.94. The van der Waals surface area contributed by atoms with E-state index in [2.05, 4.69) is 12.2 Å². The Morgan fingerprint density at radius 3 is 2.45 bits per heavy atom. The maximum atomic E-state index is 12.1. The summed E-state index contributed by atoms with van der Waals surface area (Å²) >= 11 is 0. The molecule has 0 amide bonds. The van der Waals surface area contributed by atoms with Crippen LogP contribution in [0.3, 0.4) is 0 Å². The second kappa shape index (κ2) is 9.61. The summed E-state index contributed by atoms with van der Waals surface area (Å²) in [6.07, 6.45) is 3.22. The van der Waals surface area contributed by atoms with Gasteiger partial charge in [-0.15, -0.1) is 0 Å². The zero-order valence-electron chi connectivity index (χ0n) is 12.5. The summed E-state index contributed by atoms with van der Waals surface area (Å²) < 4.78 is 42.1. The standard InChI is InChI=1S/C15H28F3NO/c1-2-11-19-13-8-5-3-4-6-9-14(13)20-12-7-10-15(16,17)18/h13-14,19H,2-12H2,1H3. The average Bonchev–Trinajstić information content (AvgIpc) is 2.35. The van der Waals surface area contributed by atoms with Crippen LogP contribution in [0, 0.1) is 0 Å². The van der Waals surface area contributed by atoms with Crippen LogP contribution < -0.4 is 5.32 Å². The quantitative estimate of drug-likeness (QED) is 0.701. The van der Waals surface area contributed by atoms with Gasteiger partial charge >= 0.3 is 6.18 Å². The smallest absolute Gasteiger partial charge is 0.377 e. The largest absolute Gasteiger partial charge is 0.389 e. The molecule has 0 aromatic carbocycles. The van der Waals surface area contributed by atoms with E-state index in [1.807, 2.05) is 0 Å². The summed E-state index contributed by atoms with van der Waals surface area (Å²) in [7, 11) is 0. The highest BCUT2D eigenvalue weighted by Crippen LogP contribution is 2.23. The van der Waals surface area contributed by atoms with Crippen LogP contribution in [-0.2, 0) is 4.74 Å². The van der Waals surface area contributed by atoms with Crippen molar-refractivity contribution in [2.75, 3.05) is 13.2 Å². The monoisotopic (exact) mass is 295 g/mol. The molecule has 120 valence electrons. The molecule has 1 saturated carbocycles. The van der Waals surface area contributed by atoms with E-state index >= 15 is 0 Å². The number of rotatable bonds is 7. The molecule has 1 fully saturated rings. The minimum absolute atomic E-state index is 0.0699. The van der Waals surface area contributed by atoms with Gasteiger partial charge in [-0.3, -0.25) is 0 Å². The third-order valence-corrected chi connectivity index (χ3v) is 3.80. The van der Waals surface area contributed by atoms with Crippen molar-refractivity contribution in [3.05, 3.63) is 0 Å². The van der Waals surface area contributed by atoms with Crippen LogP contribution in [0.1, 0.15) is 64.7 Å². The second-order valence-corrected chi connectivity index (χ2v) is 5.68. The molecule has 1 aliphatic carbocycles. The van der Waals surface area contributed by atoms with Crippen LogP contribution >= 0.6 is 0 Å². The van der Waals surface area contributed by atoms with Crippen LogP contribution in [0.4, 0.5) is 13.2 Å². The lowest BCUT2D eigenvalue weighted by Gasteiger charge is -2.30. The molecule has 0 aromatic rings. The van der Waals surface area contributed by atoms with Gasteiger partial charge in [0.25, 0.3) is 0 Å². The van der Waals surface area contributed by atoms with Crippen molar-refractivity contribution in [3.8, 4) is 0 Å². The lowest BCUT2D eigenvalue weighted by molar-refractivity contribution is -0.139. The fraction of sp³-hybridized carbons (Fsp3) is 1.00. The van der Waals surface area contributed by atoms with E-state index in [-0.39, 0.29) is 19.1 Å². The van der Waals surface area contributed by atoms with Crippen molar-refractivity contribution in [3.63, 3.8) is 0 Å². The summed E-state index contributed by atoms with van der Waals surface area (Å²) in [4.78, 5) is 0. The number of hydrogen-bond acceptors (Lipinski definition) is 2. The normalized spacial score (nSPS) is 25.2. The van der Waals surface area contributed by atoms with Gasteiger partial charge in [0.05, 0.1) is 6.10 Å². The second-order valence-electron chi connectivity index (χ2n) is 5.68. The minimum atomic E-state index is -4.07. The molecular weight excluding hydrogens is 267 g/mol. The van der Waals surface area contributed by atoms with Gasteiger partial charge in [0.2, 0.25) is 0 Å². The maximum absolute atomic E-state index is 12.1. The number of halogens is 3. The van der Waals surface area contributed by atoms with Gasteiger partial charge in [-0.1, -0.05) is 32.6 Å². The first-order chi connectivity index (χ1) is 9.53. The summed E-state index contributed by atoms with van der Waals surface area (Å²) in [6, 6.07) is 0.307. The van der Waals surface area contributed by atoms with Gasteiger partial charge in [0.1, 0.15) is 0 Å². The van der Waals surface area contributed by atoms with E-state index in [1.165, 1.54) is 19.3 Å². The number of alkyl halides is 3. The molecule has 0 bridgehead atoms. The summed E-state index contributed by atoms with van der Waals surface area (Å²) in [5, 5.41) is 3.50. The Labute approximate surface area is 120 Å². The Balaban J connectivity index is 2.34. The molecule has 5 heteroatoms. The maximum Gasteiger partial charge on any atom is 0.389 e. The zero-order chi connectivity index (χ0) is 14.8. The van der Waals surface area contributed by atoms with E-state index in [9.17, 15) is 13.2 Å². The molecule has 2 atom stereocenters. The SMILES string of the molecule is CCCNC1CCCCCCC1OCCCC(F)(F)F. The predicted molar refractivity (Wildman–Crippen MR) is 74.8 cm³/mol. The lowest BCUT2D eigenvalue weighted by Crippen LogP contribution is -2.42. The van der Waals surface area contributed by atoms with Crippen molar-refractivity contribution in [1.29, 1.82) is 0 Å². The molecule has 0 spiro atoms. The first-order valence-corrected chi connectivity index (χ1v) is 7.94. The molecular formula is C15H28F3NO. The van der Waals surface area contributed by atoms with Crippen LogP contribution in [-0.4, -0.2) is 31.5 Å². The van der Waals surface area contributed by atoms with Gasteiger partial charge in [-0.2, -0.15) is 13.2 Å². The average molecular weight is 295 g/mol. The van der Waals surface area contributed by atoms with Gasteiger partial charge in [0.15, 0.2) is 0 Å². The molecule has 1 aliphatic rings. The van der Waals surface area contributed by atoms with E-state index < -0.39 is 12.6 Å². The van der Waals surface area contributed by atoms with Crippen LogP contribution in [0.2, 0.25) is 0 Å². The summed E-state index contributed by atoms with van der Waals surface area (Å²) in [5.74, 6) is 0. The van der Waals surface area contributed by atoms with Crippen LogP contribution in [0.25, 0.3) is 0 Å².